The third-order valence-corrected chi connectivity index (χ3v) is 8.50. The zero-order valence-corrected chi connectivity index (χ0v) is 30.3. The number of nitrogens with two attached hydrogens (primary N) is 1. The molecule has 0 saturated heterocycles. The number of aldehydes is 1. The van der Waals surface area contributed by atoms with Crippen molar-refractivity contribution in [1.29, 1.82) is 0 Å². The first-order chi connectivity index (χ1) is 23.8. The molecule has 1 fully saturated rings. The summed E-state index contributed by atoms with van der Waals surface area (Å²) in [6.07, 6.45) is 6.35. The number of hydrogen-bond acceptors (Lipinski definition) is 7. The first-order valence-electron chi connectivity index (χ1n) is 16.5. The van der Waals surface area contributed by atoms with E-state index in [1.807, 2.05) is 43.8 Å². The number of carbonyl (C=O) groups excluding carboxylic acids is 3. The number of aliphatic imine (C=N–C) groups is 1. The Morgan fingerprint density at radius 1 is 1.20 bits per heavy atom. The number of amides is 2. The number of guanidine groups is 1. The second-order valence-corrected chi connectivity index (χ2v) is 12.1. The molecule has 280 valence electrons. The van der Waals surface area contributed by atoms with Crippen LogP contribution in [0.25, 0.3) is 0 Å². The third-order valence-electron chi connectivity index (χ3n) is 8.09. The van der Waals surface area contributed by atoms with E-state index >= 15 is 0 Å². The van der Waals surface area contributed by atoms with Crippen molar-refractivity contribution in [2.75, 3.05) is 46.9 Å². The summed E-state index contributed by atoms with van der Waals surface area (Å²) < 4.78 is 41.6. The lowest BCUT2D eigenvalue weighted by Crippen LogP contribution is -2.40. The van der Waals surface area contributed by atoms with Crippen LogP contribution in [0.2, 0.25) is 5.02 Å². The Bertz CT molecular complexity index is 1350. The number of nitrogens with zero attached hydrogens (tertiary/aromatic N) is 3. The van der Waals surface area contributed by atoms with Gasteiger partial charge in [0.2, 0.25) is 18.8 Å². The number of halogens is 4. The zero-order chi connectivity index (χ0) is 37.7. The Hall–Kier alpha value is -3.88. The quantitative estimate of drug-likeness (QED) is 0.0735. The van der Waals surface area contributed by atoms with Crippen molar-refractivity contribution in [2.24, 2.45) is 16.6 Å². The standard InChI is InChI=1S/C26H43N5O4.C8H6ClF3.CH3NO/c1-5-22(20-11-16-35-17-12-20)28-26(30(3)4)29-23(6-2)24(18-32)31(15-13-27-19-33)14-10-21-8-7-9-25(21)34;1-5-2-3-6(4-7(5)9)8(10,11)12;2-1-3/h5,11,18-19,21,25,34H,6-10,12-17H2,1-4H3,(H,27,33)(H,28,29);2-4H,1H3;1H,(H2,2,3)/b22-5?,24-23+;;/t21-,25?;;/m0../s1. The lowest BCUT2D eigenvalue weighted by atomic mass is 10.0. The van der Waals surface area contributed by atoms with Crippen LogP contribution < -0.4 is 16.4 Å². The Labute approximate surface area is 298 Å². The number of allylic oxidation sites excluding steroid dienone is 4. The normalized spacial score (nSPS) is 18.2. The Morgan fingerprint density at radius 2 is 1.90 bits per heavy atom. The number of hydrogen-bond donors (Lipinski definition) is 4. The summed E-state index contributed by atoms with van der Waals surface area (Å²) in [5.41, 5.74) is 7.45. The molecule has 0 bridgehead atoms. The van der Waals surface area contributed by atoms with E-state index in [1.165, 1.54) is 6.07 Å². The minimum atomic E-state index is -4.31. The summed E-state index contributed by atoms with van der Waals surface area (Å²) in [4.78, 5) is 40.5. The van der Waals surface area contributed by atoms with Gasteiger partial charge in [0.15, 0.2) is 6.29 Å². The van der Waals surface area contributed by atoms with Crippen molar-refractivity contribution < 1.29 is 37.4 Å². The van der Waals surface area contributed by atoms with E-state index in [-0.39, 0.29) is 23.5 Å². The van der Waals surface area contributed by atoms with Gasteiger partial charge in [0, 0.05) is 44.4 Å². The van der Waals surface area contributed by atoms with Crippen molar-refractivity contribution in [1.82, 2.24) is 20.4 Å². The second-order valence-electron chi connectivity index (χ2n) is 11.7. The van der Waals surface area contributed by atoms with Crippen molar-refractivity contribution in [3.05, 3.63) is 69.2 Å². The fourth-order valence-corrected chi connectivity index (χ4v) is 5.48. The van der Waals surface area contributed by atoms with Gasteiger partial charge in [0.05, 0.1) is 36.3 Å². The number of ether oxygens (including phenoxy) is 1. The number of benzene rings is 1. The molecule has 1 aromatic rings. The average Bonchev–Trinajstić information content (AvgIpc) is 3.50. The largest absolute Gasteiger partial charge is 0.416 e. The second kappa shape index (κ2) is 23.5. The number of aliphatic hydroxyl groups is 1. The highest BCUT2D eigenvalue weighted by atomic mass is 35.5. The predicted octanol–water partition coefficient (Wildman–Crippen LogP) is 4.93. The molecule has 0 spiro atoms. The fourth-order valence-electron chi connectivity index (χ4n) is 5.30. The molecule has 2 aliphatic rings. The summed E-state index contributed by atoms with van der Waals surface area (Å²) in [5, 5.41) is 16.5. The highest BCUT2D eigenvalue weighted by Crippen LogP contribution is 2.32. The first-order valence-corrected chi connectivity index (χ1v) is 16.9. The molecule has 11 nitrogen and oxygen atoms in total. The molecule has 15 heteroatoms. The molecule has 1 unspecified atom stereocenters. The van der Waals surface area contributed by atoms with E-state index in [0.717, 1.165) is 67.5 Å². The molecule has 5 N–H and O–H groups in total. The number of carbonyl (C=O) groups is 3. The number of nitrogens with one attached hydrogen (secondary N) is 2. The van der Waals surface area contributed by atoms with Gasteiger partial charge in [-0.15, -0.1) is 0 Å². The minimum Gasteiger partial charge on any atom is -0.393 e. The number of aliphatic hydroxyl groups excluding tert-OH is 1. The SMILES string of the molecule is CC=C(N=C(N/C(CC)=C(\C=O)N(CCNC=O)CC[C@@H]1CCCC1O)N(C)C)C1=CCOCC1.Cc1ccc(C(F)(F)F)cc1Cl.NC=O. The van der Waals surface area contributed by atoms with Crippen molar-refractivity contribution in [2.45, 2.75) is 71.6 Å². The molecule has 1 aliphatic heterocycles. The van der Waals surface area contributed by atoms with Gasteiger partial charge in [0.1, 0.15) is 0 Å². The third kappa shape index (κ3) is 15.3. The van der Waals surface area contributed by atoms with E-state index < -0.39 is 11.7 Å². The Balaban J connectivity index is 0.000000690. The molecule has 1 aromatic carbocycles. The maximum Gasteiger partial charge on any atom is 0.416 e. The predicted molar refractivity (Wildman–Crippen MR) is 190 cm³/mol. The van der Waals surface area contributed by atoms with Gasteiger partial charge >= 0.3 is 6.18 Å². The lowest BCUT2D eigenvalue weighted by Gasteiger charge is -2.29. The van der Waals surface area contributed by atoms with E-state index in [9.17, 15) is 27.9 Å². The molecule has 2 amide bonds. The minimum absolute atomic E-state index is 0.143. The van der Waals surface area contributed by atoms with Crippen molar-refractivity contribution in [3.8, 4) is 0 Å². The number of aryl methyl sites for hydroxylation is 1. The zero-order valence-electron chi connectivity index (χ0n) is 29.6. The smallest absolute Gasteiger partial charge is 0.393 e. The van der Waals surface area contributed by atoms with Crippen molar-refractivity contribution in [3.63, 3.8) is 0 Å². The Morgan fingerprint density at radius 3 is 2.38 bits per heavy atom. The van der Waals surface area contributed by atoms with Crippen LogP contribution in [0.3, 0.4) is 0 Å². The van der Waals surface area contributed by atoms with Crippen molar-refractivity contribution >= 4 is 36.7 Å². The van der Waals surface area contributed by atoms with Gasteiger partial charge in [-0.05, 0) is 75.1 Å². The monoisotopic (exact) mass is 728 g/mol. The molecule has 1 aliphatic carbocycles. The molecular weight excluding hydrogens is 677 g/mol. The molecule has 2 atom stereocenters. The molecule has 50 heavy (non-hydrogen) atoms. The maximum atomic E-state index is 12.4. The molecule has 0 radical (unpaired) electrons. The summed E-state index contributed by atoms with van der Waals surface area (Å²) in [7, 11) is 3.83. The van der Waals surface area contributed by atoms with E-state index in [1.54, 1.807) is 6.92 Å². The molecular formula is C35H52ClF3N6O5. The van der Waals surface area contributed by atoms with Crippen LogP contribution in [0, 0.1) is 12.8 Å². The summed E-state index contributed by atoms with van der Waals surface area (Å²) in [6.45, 7) is 8.45. The maximum absolute atomic E-state index is 12.4. The van der Waals surface area contributed by atoms with Gasteiger partial charge in [-0.25, -0.2) is 4.99 Å². The van der Waals surface area contributed by atoms with Crippen LogP contribution in [0.5, 0.6) is 0 Å². The number of rotatable bonds is 13. The van der Waals surface area contributed by atoms with Gasteiger partial charge in [0.25, 0.3) is 0 Å². The molecule has 1 heterocycles. The number of alkyl halides is 3. The number of primary amides is 1. The molecule has 3 rings (SSSR count). The Kier molecular flexibility index (Phi) is 20.8. The first kappa shape index (κ1) is 44.1. The van der Waals surface area contributed by atoms with Crippen LogP contribution in [0.1, 0.15) is 63.5 Å². The highest BCUT2D eigenvalue weighted by molar-refractivity contribution is 6.31. The average molecular weight is 729 g/mol. The summed E-state index contributed by atoms with van der Waals surface area (Å²) in [5.74, 6) is 0.880. The van der Waals surface area contributed by atoms with Crippen LogP contribution in [-0.2, 0) is 25.3 Å². The highest BCUT2D eigenvalue weighted by Gasteiger charge is 2.30. The van der Waals surface area contributed by atoms with Gasteiger partial charge in [-0.3, -0.25) is 14.4 Å². The topological polar surface area (TPSA) is 150 Å². The van der Waals surface area contributed by atoms with Gasteiger partial charge in [-0.1, -0.05) is 43.2 Å². The van der Waals surface area contributed by atoms with E-state index in [4.69, 9.17) is 26.1 Å². The molecule has 1 saturated carbocycles. The summed E-state index contributed by atoms with van der Waals surface area (Å²) in [6, 6.07) is 3.29. The molecule has 0 aromatic heterocycles. The van der Waals surface area contributed by atoms with Gasteiger partial charge in [-0.2, -0.15) is 13.2 Å². The summed E-state index contributed by atoms with van der Waals surface area (Å²) >= 11 is 5.52. The van der Waals surface area contributed by atoms with Gasteiger partial charge < -0.3 is 36.0 Å². The van der Waals surface area contributed by atoms with Crippen LogP contribution in [-0.4, -0.2) is 93.0 Å². The van der Waals surface area contributed by atoms with E-state index in [0.29, 0.717) is 62.9 Å². The lowest BCUT2D eigenvalue weighted by molar-refractivity contribution is -0.137. The van der Waals surface area contributed by atoms with E-state index in [2.05, 4.69) is 22.4 Å². The fraction of sp³-hybridized carbons (Fsp3) is 0.543. The van der Waals surface area contributed by atoms with Crippen LogP contribution in [0.4, 0.5) is 13.2 Å². The van der Waals surface area contributed by atoms with Crippen LogP contribution in [0.15, 0.2) is 58.0 Å². The van der Waals surface area contributed by atoms with Crippen LogP contribution >= 0.6 is 11.6 Å².